The van der Waals surface area contributed by atoms with Crippen LogP contribution in [0.1, 0.15) is 55.7 Å². The number of nitriles is 1. The molecule has 5 rings (SSSR count). The van der Waals surface area contributed by atoms with Crippen molar-refractivity contribution in [3.63, 3.8) is 0 Å². The Kier molecular flexibility index (Phi) is 3.97. The van der Waals surface area contributed by atoms with Crippen molar-refractivity contribution < 1.29 is 4.79 Å². The van der Waals surface area contributed by atoms with Crippen LogP contribution in [0.4, 0.5) is 5.82 Å². The van der Waals surface area contributed by atoms with E-state index in [1.54, 1.807) is 0 Å². The average Bonchev–Trinajstić information content (AvgIpc) is 3.51. The Balaban J connectivity index is 1.43. The van der Waals surface area contributed by atoms with Gasteiger partial charge >= 0.3 is 0 Å². The zero-order chi connectivity index (χ0) is 17.8. The Morgan fingerprint density at radius 1 is 1.19 bits per heavy atom. The molecule has 0 bridgehead atoms. The molecule has 4 fully saturated rings. The summed E-state index contributed by atoms with van der Waals surface area (Å²) in [6.07, 6.45) is 6.94. The predicted octanol–water partition coefficient (Wildman–Crippen LogP) is 3.43. The zero-order valence-electron chi connectivity index (χ0n) is 14.8. The van der Waals surface area contributed by atoms with E-state index in [0.717, 1.165) is 48.5 Å². The highest BCUT2D eigenvalue weighted by atomic mass is 79.9. The van der Waals surface area contributed by atoms with Gasteiger partial charge in [-0.15, -0.1) is 0 Å². The summed E-state index contributed by atoms with van der Waals surface area (Å²) >= 11 is 3.60. The van der Waals surface area contributed by atoms with Crippen molar-refractivity contribution in [2.75, 3.05) is 24.5 Å². The number of halogens is 1. The first kappa shape index (κ1) is 16.6. The Morgan fingerprint density at radius 3 is 2.58 bits per heavy atom. The molecule has 26 heavy (non-hydrogen) atoms. The van der Waals surface area contributed by atoms with Crippen LogP contribution in [-0.4, -0.2) is 41.5 Å². The van der Waals surface area contributed by atoms with Crippen LogP contribution in [0, 0.1) is 23.2 Å². The predicted molar refractivity (Wildman–Crippen MR) is 102 cm³/mol. The summed E-state index contributed by atoms with van der Waals surface area (Å²) in [5.41, 5.74) is 1.73. The van der Waals surface area contributed by atoms with E-state index in [1.165, 1.54) is 25.7 Å². The normalized spacial score (nSPS) is 25.9. The summed E-state index contributed by atoms with van der Waals surface area (Å²) in [6, 6.07) is 4.55. The van der Waals surface area contributed by atoms with Crippen molar-refractivity contribution in [2.24, 2.45) is 11.8 Å². The highest BCUT2D eigenvalue weighted by Crippen LogP contribution is 2.44. The summed E-state index contributed by atoms with van der Waals surface area (Å²) in [6.45, 7) is 2.35. The lowest BCUT2D eigenvalue weighted by Gasteiger charge is -2.42. The lowest BCUT2D eigenvalue weighted by molar-refractivity contribution is -0.135. The fourth-order valence-corrected chi connectivity index (χ4v) is 4.83. The SMILES string of the molecule is N#Cc1cc(Br)c(C2CC2)nc1N1CCN(C(=O)C2CC2)C(C2CC2)C1. The average molecular weight is 415 g/mol. The van der Waals surface area contributed by atoms with Crippen molar-refractivity contribution >= 4 is 27.7 Å². The van der Waals surface area contributed by atoms with Gasteiger partial charge < -0.3 is 9.80 Å². The van der Waals surface area contributed by atoms with Gasteiger partial charge in [-0.1, -0.05) is 0 Å². The number of aromatic nitrogens is 1. The van der Waals surface area contributed by atoms with E-state index in [2.05, 4.69) is 31.8 Å². The first-order valence-corrected chi connectivity index (χ1v) is 10.6. The molecule has 0 radical (unpaired) electrons. The van der Waals surface area contributed by atoms with Gasteiger partial charge in [0.15, 0.2) is 0 Å². The molecule has 1 atom stereocenters. The minimum absolute atomic E-state index is 0.282. The number of nitrogens with zero attached hydrogens (tertiary/aromatic N) is 4. The molecule has 136 valence electrons. The maximum absolute atomic E-state index is 12.7. The lowest BCUT2D eigenvalue weighted by Crippen LogP contribution is -2.57. The highest BCUT2D eigenvalue weighted by Gasteiger charge is 2.45. The number of piperazine rings is 1. The molecule has 5 nitrogen and oxygen atoms in total. The van der Waals surface area contributed by atoms with Gasteiger partial charge in [-0.25, -0.2) is 4.98 Å². The number of anilines is 1. The van der Waals surface area contributed by atoms with E-state index in [9.17, 15) is 10.1 Å². The van der Waals surface area contributed by atoms with E-state index >= 15 is 0 Å². The summed E-state index contributed by atoms with van der Waals surface area (Å²) in [7, 11) is 0. The molecule has 6 heteroatoms. The maximum Gasteiger partial charge on any atom is 0.226 e. The quantitative estimate of drug-likeness (QED) is 0.756. The number of carbonyl (C=O) groups excluding carboxylic acids is 1. The van der Waals surface area contributed by atoms with Gasteiger partial charge in [-0.05, 0) is 66.4 Å². The van der Waals surface area contributed by atoms with Crippen molar-refractivity contribution in [2.45, 2.75) is 50.5 Å². The fourth-order valence-electron chi connectivity index (χ4n) is 4.18. The molecule has 3 saturated carbocycles. The number of amides is 1. The molecule has 4 aliphatic rings. The fraction of sp³-hybridized carbons (Fsp3) is 0.650. The molecule has 2 heterocycles. The number of carbonyl (C=O) groups is 1. The van der Waals surface area contributed by atoms with E-state index < -0.39 is 0 Å². The molecule has 1 amide bonds. The minimum Gasteiger partial charge on any atom is -0.352 e. The van der Waals surface area contributed by atoms with Crippen LogP contribution in [0.2, 0.25) is 0 Å². The number of pyridine rings is 1. The van der Waals surface area contributed by atoms with Gasteiger partial charge in [-0.3, -0.25) is 4.79 Å². The van der Waals surface area contributed by atoms with E-state index in [0.29, 0.717) is 29.3 Å². The third-order valence-corrected chi connectivity index (χ3v) is 6.80. The summed E-state index contributed by atoms with van der Waals surface area (Å²) in [5.74, 6) is 2.63. The van der Waals surface area contributed by atoms with Crippen LogP contribution >= 0.6 is 15.9 Å². The Hall–Kier alpha value is -1.61. The standard InChI is InChI=1S/C20H23BrN4O/c21-16-9-15(10-22)19(23-18(16)13-3-4-13)24-7-8-25(20(26)14-5-6-14)17(11-24)12-1-2-12/h9,12-14,17H,1-8,11H2. The third-order valence-electron chi connectivity index (χ3n) is 6.16. The third kappa shape index (κ3) is 3.00. The van der Waals surface area contributed by atoms with Crippen LogP contribution in [0.3, 0.4) is 0 Å². The largest absolute Gasteiger partial charge is 0.352 e. The van der Waals surface area contributed by atoms with Crippen molar-refractivity contribution in [3.05, 3.63) is 21.8 Å². The van der Waals surface area contributed by atoms with Crippen molar-refractivity contribution in [3.8, 4) is 6.07 Å². The second-order valence-electron chi connectivity index (χ2n) is 8.27. The molecule has 0 aromatic carbocycles. The van der Waals surface area contributed by atoms with Gasteiger partial charge in [0.1, 0.15) is 11.9 Å². The van der Waals surface area contributed by atoms with Crippen LogP contribution in [0.5, 0.6) is 0 Å². The molecule has 3 aliphatic carbocycles. The van der Waals surface area contributed by atoms with Gasteiger partial charge in [0.2, 0.25) is 5.91 Å². The lowest BCUT2D eigenvalue weighted by atomic mass is 10.0. The van der Waals surface area contributed by atoms with Crippen LogP contribution in [-0.2, 0) is 4.79 Å². The van der Waals surface area contributed by atoms with Crippen LogP contribution in [0.15, 0.2) is 10.5 Å². The first-order valence-electron chi connectivity index (χ1n) is 9.81. The maximum atomic E-state index is 12.7. The van der Waals surface area contributed by atoms with Crippen LogP contribution < -0.4 is 4.90 Å². The molecule has 0 spiro atoms. The van der Waals surface area contributed by atoms with E-state index in [-0.39, 0.29) is 5.92 Å². The monoisotopic (exact) mass is 414 g/mol. The van der Waals surface area contributed by atoms with Gasteiger partial charge in [-0.2, -0.15) is 5.26 Å². The van der Waals surface area contributed by atoms with Gasteiger partial charge in [0.25, 0.3) is 0 Å². The molecule has 1 saturated heterocycles. The first-order chi connectivity index (χ1) is 12.7. The Morgan fingerprint density at radius 2 is 1.96 bits per heavy atom. The molecule has 0 N–H and O–H groups in total. The number of rotatable bonds is 4. The summed E-state index contributed by atoms with van der Waals surface area (Å²) in [4.78, 5) is 22.0. The van der Waals surface area contributed by atoms with Crippen LogP contribution in [0.25, 0.3) is 0 Å². The molecular weight excluding hydrogens is 392 g/mol. The Bertz CT molecular complexity index is 792. The van der Waals surface area contributed by atoms with E-state index in [4.69, 9.17) is 4.98 Å². The molecule has 1 aliphatic heterocycles. The molecule has 1 aromatic rings. The smallest absolute Gasteiger partial charge is 0.226 e. The Labute approximate surface area is 162 Å². The van der Waals surface area contributed by atoms with Gasteiger partial charge in [0, 0.05) is 35.9 Å². The molecule has 1 unspecified atom stereocenters. The van der Waals surface area contributed by atoms with E-state index in [1.807, 2.05) is 6.07 Å². The van der Waals surface area contributed by atoms with Gasteiger partial charge in [0.05, 0.1) is 17.3 Å². The van der Waals surface area contributed by atoms with Crippen molar-refractivity contribution in [1.82, 2.24) is 9.88 Å². The molecule has 1 aromatic heterocycles. The van der Waals surface area contributed by atoms with Crippen molar-refractivity contribution in [1.29, 1.82) is 5.26 Å². The topological polar surface area (TPSA) is 60.2 Å². The second-order valence-corrected chi connectivity index (χ2v) is 9.12. The number of hydrogen-bond acceptors (Lipinski definition) is 4. The zero-order valence-corrected chi connectivity index (χ0v) is 16.4. The number of hydrogen-bond donors (Lipinski definition) is 0. The highest BCUT2D eigenvalue weighted by molar-refractivity contribution is 9.10. The molecular formula is C20H23BrN4O. The minimum atomic E-state index is 0.282. The summed E-state index contributed by atoms with van der Waals surface area (Å²) in [5, 5.41) is 9.63. The second kappa shape index (κ2) is 6.23. The summed E-state index contributed by atoms with van der Waals surface area (Å²) < 4.78 is 0.960.